The maximum atomic E-state index is 11.3. The summed E-state index contributed by atoms with van der Waals surface area (Å²) in [5, 5.41) is 3.22. The Hall–Kier alpha value is -1.51. The van der Waals surface area contributed by atoms with Crippen LogP contribution in [-0.2, 0) is 9.53 Å². The molecule has 3 heteroatoms. The van der Waals surface area contributed by atoms with Crippen LogP contribution >= 0.6 is 0 Å². The van der Waals surface area contributed by atoms with E-state index < -0.39 is 0 Å². The molecule has 0 saturated heterocycles. The van der Waals surface area contributed by atoms with Gasteiger partial charge in [-0.3, -0.25) is 4.79 Å². The number of para-hydroxylation sites is 1. The van der Waals surface area contributed by atoms with Gasteiger partial charge in [0, 0.05) is 5.69 Å². The van der Waals surface area contributed by atoms with Gasteiger partial charge in [0.15, 0.2) is 0 Å². The van der Waals surface area contributed by atoms with Crippen LogP contribution in [0, 0.1) is 0 Å². The molecular formula is C15H23NO2. The lowest BCUT2D eigenvalue weighted by molar-refractivity contribution is -0.138. The summed E-state index contributed by atoms with van der Waals surface area (Å²) in [6.45, 7) is 8.83. The summed E-state index contributed by atoms with van der Waals surface area (Å²) < 4.78 is 4.67. The van der Waals surface area contributed by atoms with Crippen LogP contribution in [0.5, 0.6) is 0 Å². The maximum absolute atomic E-state index is 11.3. The summed E-state index contributed by atoms with van der Waals surface area (Å²) >= 11 is 0. The molecule has 0 aliphatic carbocycles. The molecule has 0 heterocycles. The van der Waals surface area contributed by atoms with E-state index in [-0.39, 0.29) is 12.5 Å². The van der Waals surface area contributed by atoms with Crippen molar-refractivity contribution >= 4 is 11.7 Å². The lowest BCUT2D eigenvalue weighted by Gasteiger charge is -2.20. The van der Waals surface area contributed by atoms with Gasteiger partial charge in [-0.05, 0) is 23.0 Å². The van der Waals surface area contributed by atoms with Gasteiger partial charge in [0.05, 0.1) is 7.11 Å². The van der Waals surface area contributed by atoms with Crippen LogP contribution in [0.15, 0.2) is 18.2 Å². The molecule has 1 aromatic carbocycles. The first-order chi connectivity index (χ1) is 8.47. The van der Waals surface area contributed by atoms with Gasteiger partial charge in [-0.15, -0.1) is 0 Å². The van der Waals surface area contributed by atoms with Crippen molar-refractivity contribution in [3.05, 3.63) is 29.3 Å². The molecule has 3 nitrogen and oxygen atoms in total. The molecule has 0 aliphatic heterocycles. The molecule has 1 rings (SSSR count). The van der Waals surface area contributed by atoms with Crippen LogP contribution in [0.2, 0.25) is 0 Å². The van der Waals surface area contributed by atoms with Crippen molar-refractivity contribution in [3.63, 3.8) is 0 Å². The van der Waals surface area contributed by atoms with Crippen molar-refractivity contribution < 1.29 is 9.53 Å². The predicted molar refractivity (Wildman–Crippen MR) is 75.1 cm³/mol. The number of benzene rings is 1. The molecule has 0 radical (unpaired) electrons. The Bertz CT molecular complexity index is 385. The molecule has 1 N–H and O–H groups in total. The number of hydrogen-bond donors (Lipinski definition) is 1. The summed E-state index contributed by atoms with van der Waals surface area (Å²) in [5.74, 6) is 0.593. The quantitative estimate of drug-likeness (QED) is 0.811. The number of methoxy groups -OCH3 is 1. The summed E-state index contributed by atoms with van der Waals surface area (Å²) in [4.78, 5) is 11.3. The molecule has 0 unspecified atom stereocenters. The van der Waals surface area contributed by atoms with E-state index in [1.165, 1.54) is 18.2 Å². The van der Waals surface area contributed by atoms with Crippen molar-refractivity contribution in [3.8, 4) is 0 Å². The summed E-state index contributed by atoms with van der Waals surface area (Å²) in [6, 6.07) is 6.29. The van der Waals surface area contributed by atoms with Crippen LogP contribution in [-0.4, -0.2) is 19.6 Å². The molecular weight excluding hydrogens is 226 g/mol. The highest BCUT2D eigenvalue weighted by Crippen LogP contribution is 2.32. The van der Waals surface area contributed by atoms with Gasteiger partial charge in [-0.2, -0.15) is 0 Å². The van der Waals surface area contributed by atoms with Crippen molar-refractivity contribution in [1.82, 2.24) is 0 Å². The standard InChI is InChI=1S/C15H23NO2/c1-10(2)12-7-6-8-13(11(3)4)15(12)16-9-14(17)18-5/h6-8,10-11,16H,9H2,1-5H3. The third-order valence-electron chi connectivity index (χ3n) is 3.01. The highest BCUT2D eigenvalue weighted by Gasteiger charge is 2.14. The zero-order valence-corrected chi connectivity index (χ0v) is 11.9. The number of carbonyl (C=O) groups excluding carboxylic acids is 1. The molecule has 0 aliphatic rings. The second-order valence-corrected chi connectivity index (χ2v) is 5.05. The Morgan fingerprint density at radius 1 is 1.17 bits per heavy atom. The van der Waals surface area contributed by atoms with Crippen LogP contribution in [0.4, 0.5) is 5.69 Å². The fraction of sp³-hybridized carbons (Fsp3) is 0.533. The zero-order chi connectivity index (χ0) is 13.7. The Morgan fingerprint density at radius 2 is 1.67 bits per heavy atom. The Labute approximate surface area is 110 Å². The SMILES string of the molecule is COC(=O)CNc1c(C(C)C)cccc1C(C)C. The Kier molecular flexibility index (Phi) is 5.20. The average molecular weight is 249 g/mol. The van der Waals surface area contributed by atoms with Crippen LogP contribution in [0.3, 0.4) is 0 Å². The summed E-state index contributed by atoms with van der Waals surface area (Å²) in [7, 11) is 1.40. The lowest BCUT2D eigenvalue weighted by Crippen LogP contribution is -2.17. The van der Waals surface area contributed by atoms with E-state index in [1.807, 2.05) is 0 Å². The van der Waals surface area contributed by atoms with E-state index in [1.54, 1.807) is 0 Å². The second-order valence-electron chi connectivity index (χ2n) is 5.05. The van der Waals surface area contributed by atoms with E-state index >= 15 is 0 Å². The number of ether oxygens (including phenoxy) is 1. The minimum absolute atomic E-state index is 0.208. The van der Waals surface area contributed by atoms with Gasteiger partial charge < -0.3 is 10.1 Å². The van der Waals surface area contributed by atoms with E-state index in [2.05, 4.69) is 55.9 Å². The van der Waals surface area contributed by atoms with Gasteiger partial charge >= 0.3 is 5.97 Å². The first kappa shape index (κ1) is 14.6. The lowest BCUT2D eigenvalue weighted by atomic mass is 9.92. The number of carbonyl (C=O) groups is 1. The Balaban J connectivity index is 3.06. The normalized spacial score (nSPS) is 10.8. The number of anilines is 1. The third kappa shape index (κ3) is 3.49. The van der Waals surface area contributed by atoms with Crippen LogP contribution in [0.25, 0.3) is 0 Å². The molecule has 100 valence electrons. The van der Waals surface area contributed by atoms with Gasteiger partial charge in [-0.25, -0.2) is 0 Å². The molecule has 0 spiro atoms. The van der Waals surface area contributed by atoms with Gasteiger partial charge in [0.25, 0.3) is 0 Å². The highest BCUT2D eigenvalue weighted by atomic mass is 16.5. The minimum atomic E-state index is -0.247. The fourth-order valence-corrected chi connectivity index (χ4v) is 1.99. The van der Waals surface area contributed by atoms with Crippen molar-refractivity contribution in [2.45, 2.75) is 39.5 Å². The average Bonchev–Trinajstić information content (AvgIpc) is 2.34. The van der Waals surface area contributed by atoms with Crippen molar-refractivity contribution in [1.29, 1.82) is 0 Å². The monoisotopic (exact) mass is 249 g/mol. The van der Waals surface area contributed by atoms with Crippen LogP contribution < -0.4 is 5.32 Å². The molecule has 0 bridgehead atoms. The third-order valence-corrected chi connectivity index (χ3v) is 3.01. The largest absolute Gasteiger partial charge is 0.468 e. The number of rotatable bonds is 5. The molecule has 1 aromatic rings. The molecule has 0 atom stereocenters. The highest BCUT2D eigenvalue weighted by molar-refractivity contribution is 5.76. The van der Waals surface area contributed by atoms with E-state index in [4.69, 9.17) is 0 Å². The number of nitrogens with one attached hydrogen (secondary N) is 1. The maximum Gasteiger partial charge on any atom is 0.325 e. The smallest absolute Gasteiger partial charge is 0.325 e. The van der Waals surface area contributed by atoms with Gasteiger partial charge in [0.1, 0.15) is 6.54 Å². The van der Waals surface area contributed by atoms with Crippen molar-refractivity contribution in [2.24, 2.45) is 0 Å². The molecule has 0 fully saturated rings. The van der Waals surface area contributed by atoms with E-state index in [9.17, 15) is 4.79 Å². The Morgan fingerprint density at radius 3 is 2.06 bits per heavy atom. The van der Waals surface area contributed by atoms with Gasteiger partial charge in [-0.1, -0.05) is 45.9 Å². The first-order valence-corrected chi connectivity index (χ1v) is 6.40. The van der Waals surface area contributed by atoms with Crippen LogP contribution in [0.1, 0.15) is 50.7 Å². The molecule has 18 heavy (non-hydrogen) atoms. The summed E-state index contributed by atoms with van der Waals surface area (Å²) in [5.41, 5.74) is 3.56. The molecule has 0 amide bonds. The van der Waals surface area contributed by atoms with E-state index in [0.29, 0.717) is 11.8 Å². The predicted octanol–water partition coefficient (Wildman–Crippen LogP) is 3.52. The fourth-order valence-electron chi connectivity index (χ4n) is 1.99. The molecule has 0 aromatic heterocycles. The minimum Gasteiger partial charge on any atom is -0.468 e. The number of hydrogen-bond acceptors (Lipinski definition) is 3. The first-order valence-electron chi connectivity index (χ1n) is 6.40. The van der Waals surface area contributed by atoms with Crippen molar-refractivity contribution in [2.75, 3.05) is 19.0 Å². The molecule has 0 saturated carbocycles. The topological polar surface area (TPSA) is 38.3 Å². The second kappa shape index (κ2) is 6.43. The van der Waals surface area contributed by atoms with Gasteiger partial charge in [0.2, 0.25) is 0 Å². The zero-order valence-electron chi connectivity index (χ0n) is 11.9. The van der Waals surface area contributed by atoms with E-state index in [0.717, 1.165) is 5.69 Å². The summed E-state index contributed by atoms with van der Waals surface area (Å²) in [6.07, 6.45) is 0. The number of esters is 1.